The minimum Gasteiger partial charge on any atom is -0.382 e. The molecule has 4 heteroatoms. The zero-order chi connectivity index (χ0) is 16.9. The molecular weight excluding hydrogens is 320 g/mol. The quantitative estimate of drug-likeness (QED) is 0.722. The topological polar surface area (TPSA) is 43.4 Å². The fourth-order valence-electron chi connectivity index (χ4n) is 5.62. The summed E-state index contributed by atoms with van der Waals surface area (Å²) < 4.78 is 31.2. The molecule has 0 aromatic heterocycles. The van der Waals surface area contributed by atoms with E-state index in [4.69, 9.17) is 4.18 Å². The summed E-state index contributed by atoms with van der Waals surface area (Å²) in [5.41, 5.74) is 1.23. The average Bonchev–Trinajstić information content (AvgIpc) is 3.27. The monoisotopic (exact) mass is 348 g/mol. The second-order valence-electron chi connectivity index (χ2n) is 8.15. The van der Waals surface area contributed by atoms with Gasteiger partial charge in [0.1, 0.15) is 11.0 Å². The molecule has 0 amide bonds. The van der Waals surface area contributed by atoms with Crippen LogP contribution < -0.4 is 4.18 Å². The highest BCUT2D eigenvalue weighted by molar-refractivity contribution is 7.87. The summed E-state index contributed by atoms with van der Waals surface area (Å²) in [5, 5.41) is -0.281. The van der Waals surface area contributed by atoms with Crippen LogP contribution in [0.4, 0.5) is 0 Å². The van der Waals surface area contributed by atoms with E-state index >= 15 is 0 Å². The van der Waals surface area contributed by atoms with Crippen LogP contribution in [-0.2, 0) is 10.1 Å². The predicted molar refractivity (Wildman–Crippen MR) is 95.5 cm³/mol. The standard InChI is InChI=1S/C20H28O3S/c1-3-13(2)14-7-9-16(10-8-14)23-24(21,22)20-12-15-11-19(20)18-6-4-5-17(15)18/h7-10,13,15,17-20H,3-6,11-12H2,1-2H3. The zero-order valence-electron chi connectivity index (χ0n) is 14.6. The van der Waals surface area contributed by atoms with Gasteiger partial charge in [-0.15, -0.1) is 0 Å². The Morgan fingerprint density at radius 1 is 1.08 bits per heavy atom. The maximum Gasteiger partial charge on any atom is 0.312 e. The van der Waals surface area contributed by atoms with Gasteiger partial charge in [-0.1, -0.05) is 32.4 Å². The molecule has 0 aliphatic heterocycles. The first-order chi connectivity index (χ1) is 11.5. The van der Waals surface area contributed by atoms with Gasteiger partial charge in [0.25, 0.3) is 0 Å². The van der Waals surface area contributed by atoms with E-state index in [1.54, 1.807) is 0 Å². The van der Waals surface area contributed by atoms with Crippen molar-refractivity contribution in [3.05, 3.63) is 29.8 Å². The largest absolute Gasteiger partial charge is 0.382 e. The zero-order valence-corrected chi connectivity index (χ0v) is 15.5. The molecular formula is C20H28O3S. The molecule has 3 nitrogen and oxygen atoms in total. The van der Waals surface area contributed by atoms with Gasteiger partial charge in [-0.05, 0) is 79.4 Å². The van der Waals surface area contributed by atoms with Crippen LogP contribution in [0.15, 0.2) is 24.3 Å². The van der Waals surface area contributed by atoms with Gasteiger partial charge in [-0.2, -0.15) is 8.42 Å². The Morgan fingerprint density at radius 3 is 2.50 bits per heavy atom. The van der Waals surface area contributed by atoms with Crippen LogP contribution in [0.5, 0.6) is 5.75 Å². The molecule has 0 radical (unpaired) electrons. The van der Waals surface area contributed by atoms with Crippen LogP contribution in [0.25, 0.3) is 0 Å². The summed E-state index contributed by atoms with van der Waals surface area (Å²) in [6, 6.07) is 7.61. The van der Waals surface area contributed by atoms with E-state index in [9.17, 15) is 8.42 Å². The molecule has 0 saturated heterocycles. The molecule has 24 heavy (non-hydrogen) atoms. The summed E-state index contributed by atoms with van der Waals surface area (Å²) >= 11 is 0. The van der Waals surface area contributed by atoms with Crippen molar-refractivity contribution in [2.75, 3.05) is 0 Å². The van der Waals surface area contributed by atoms with E-state index in [-0.39, 0.29) is 5.25 Å². The van der Waals surface area contributed by atoms with Gasteiger partial charge < -0.3 is 4.18 Å². The molecule has 6 atom stereocenters. The second kappa shape index (κ2) is 6.05. The molecule has 1 aromatic carbocycles. The fraction of sp³-hybridized carbons (Fsp3) is 0.700. The molecule has 132 valence electrons. The number of fused-ring (bicyclic) bond motifs is 5. The number of hydrogen-bond acceptors (Lipinski definition) is 3. The predicted octanol–water partition coefficient (Wildman–Crippen LogP) is 4.73. The van der Waals surface area contributed by atoms with Crippen molar-refractivity contribution < 1.29 is 12.6 Å². The van der Waals surface area contributed by atoms with E-state index < -0.39 is 10.1 Å². The third-order valence-corrected chi connectivity index (χ3v) is 8.72. The normalized spacial score (nSPS) is 35.8. The summed E-state index contributed by atoms with van der Waals surface area (Å²) in [6.45, 7) is 4.34. The third kappa shape index (κ3) is 2.67. The highest BCUT2D eigenvalue weighted by atomic mass is 32.2. The molecule has 2 bridgehead atoms. The van der Waals surface area contributed by atoms with Gasteiger partial charge in [0.05, 0.1) is 0 Å². The maximum absolute atomic E-state index is 12.8. The summed E-state index contributed by atoms with van der Waals surface area (Å²) in [5.74, 6) is 3.36. The lowest BCUT2D eigenvalue weighted by Crippen LogP contribution is -2.36. The van der Waals surface area contributed by atoms with Crippen LogP contribution in [0.2, 0.25) is 0 Å². The van der Waals surface area contributed by atoms with Gasteiger partial charge in [-0.25, -0.2) is 0 Å². The lowest BCUT2D eigenvalue weighted by atomic mass is 9.81. The minimum atomic E-state index is -3.52. The van der Waals surface area contributed by atoms with Gasteiger partial charge >= 0.3 is 10.1 Å². The van der Waals surface area contributed by atoms with Crippen molar-refractivity contribution in [3.63, 3.8) is 0 Å². The first kappa shape index (κ1) is 16.4. The Hall–Kier alpha value is -1.03. The van der Waals surface area contributed by atoms with Gasteiger partial charge in [0.2, 0.25) is 0 Å². The van der Waals surface area contributed by atoms with E-state index in [1.807, 2.05) is 24.3 Å². The minimum absolute atomic E-state index is 0.281. The molecule has 3 saturated carbocycles. The molecule has 4 rings (SSSR count). The van der Waals surface area contributed by atoms with Gasteiger partial charge in [0.15, 0.2) is 0 Å². The summed E-state index contributed by atoms with van der Waals surface area (Å²) in [6.07, 6.45) is 6.83. The average molecular weight is 349 g/mol. The Balaban J connectivity index is 1.48. The SMILES string of the molecule is CCC(C)c1ccc(OS(=O)(=O)C2CC3CC2C2CCCC32)cc1. The molecule has 0 heterocycles. The van der Waals surface area contributed by atoms with E-state index in [1.165, 1.54) is 24.8 Å². The second-order valence-corrected chi connectivity index (χ2v) is 9.90. The molecule has 3 aliphatic carbocycles. The van der Waals surface area contributed by atoms with Gasteiger partial charge in [-0.3, -0.25) is 0 Å². The molecule has 1 aromatic rings. The molecule has 0 N–H and O–H groups in total. The number of benzene rings is 1. The van der Waals surface area contributed by atoms with Crippen LogP contribution in [0.3, 0.4) is 0 Å². The fourth-order valence-corrected chi connectivity index (χ4v) is 7.35. The van der Waals surface area contributed by atoms with Crippen LogP contribution >= 0.6 is 0 Å². The van der Waals surface area contributed by atoms with Crippen molar-refractivity contribution >= 4 is 10.1 Å². The van der Waals surface area contributed by atoms with E-state index in [2.05, 4.69) is 13.8 Å². The van der Waals surface area contributed by atoms with Crippen molar-refractivity contribution in [2.24, 2.45) is 23.7 Å². The lowest BCUT2D eigenvalue weighted by molar-refractivity contribution is 0.255. The number of hydrogen-bond donors (Lipinski definition) is 0. The van der Waals surface area contributed by atoms with Crippen molar-refractivity contribution in [2.45, 2.75) is 63.5 Å². The molecule has 3 aliphatic rings. The third-order valence-electron chi connectivity index (χ3n) is 7.01. The molecule has 6 unspecified atom stereocenters. The summed E-state index contributed by atoms with van der Waals surface area (Å²) in [4.78, 5) is 0. The Labute approximate surface area is 145 Å². The van der Waals surface area contributed by atoms with Crippen molar-refractivity contribution in [1.82, 2.24) is 0 Å². The highest BCUT2D eigenvalue weighted by Gasteiger charge is 2.58. The first-order valence-electron chi connectivity index (χ1n) is 9.53. The van der Waals surface area contributed by atoms with Gasteiger partial charge in [0, 0.05) is 0 Å². The molecule has 3 fully saturated rings. The lowest BCUT2D eigenvalue weighted by Gasteiger charge is -2.30. The van der Waals surface area contributed by atoms with Crippen LogP contribution in [0.1, 0.15) is 63.9 Å². The van der Waals surface area contributed by atoms with E-state index in [0.717, 1.165) is 25.2 Å². The van der Waals surface area contributed by atoms with E-state index in [0.29, 0.717) is 29.4 Å². The summed E-state index contributed by atoms with van der Waals surface area (Å²) in [7, 11) is -3.52. The van der Waals surface area contributed by atoms with Crippen LogP contribution in [-0.4, -0.2) is 13.7 Å². The Kier molecular flexibility index (Phi) is 4.14. The maximum atomic E-state index is 12.8. The molecule has 0 spiro atoms. The Morgan fingerprint density at radius 2 is 1.79 bits per heavy atom. The van der Waals surface area contributed by atoms with Crippen molar-refractivity contribution in [3.8, 4) is 5.75 Å². The Bertz CT molecular complexity index is 694. The van der Waals surface area contributed by atoms with Crippen molar-refractivity contribution in [1.29, 1.82) is 0 Å². The highest BCUT2D eigenvalue weighted by Crippen LogP contribution is 2.60. The smallest absolute Gasteiger partial charge is 0.312 e. The number of rotatable bonds is 5. The van der Waals surface area contributed by atoms with Crippen LogP contribution in [0, 0.1) is 23.7 Å². The first-order valence-corrected chi connectivity index (χ1v) is 11.0.